The van der Waals surface area contributed by atoms with Gasteiger partial charge in [-0.05, 0) is 0 Å². The molecule has 0 aromatic rings. The predicted octanol–water partition coefficient (Wildman–Crippen LogP) is 0.151. The van der Waals surface area contributed by atoms with Crippen LogP contribution in [0.3, 0.4) is 0 Å². The second-order valence-corrected chi connectivity index (χ2v) is 1.97. The monoisotopic (exact) mass is 157 g/mol. The van der Waals surface area contributed by atoms with Crippen LogP contribution in [0.1, 0.15) is 6.92 Å². The number of methoxy groups -OCH3 is 1. The summed E-state index contributed by atoms with van der Waals surface area (Å²) in [7, 11) is 2.84. The van der Waals surface area contributed by atoms with Gasteiger partial charge in [-0.1, -0.05) is 0 Å². The third-order valence-corrected chi connectivity index (χ3v) is 1.13. The Morgan fingerprint density at radius 3 is 2.36 bits per heavy atom. The van der Waals surface area contributed by atoms with Crippen molar-refractivity contribution in [1.29, 1.82) is 0 Å². The highest BCUT2D eigenvalue weighted by Gasteiger charge is 1.97. The van der Waals surface area contributed by atoms with Gasteiger partial charge in [-0.15, -0.1) is 0 Å². The summed E-state index contributed by atoms with van der Waals surface area (Å²) in [5.74, 6) is -0.608. The molecule has 0 unspecified atom stereocenters. The number of hydrogen-bond donors (Lipinski definition) is 0. The summed E-state index contributed by atoms with van der Waals surface area (Å²) in [6, 6.07) is 0. The molecule has 11 heavy (non-hydrogen) atoms. The van der Waals surface area contributed by atoms with Crippen molar-refractivity contribution in [3.05, 3.63) is 12.3 Å². The molecule has 0 saturated heterocycles. The van der Waals surface area contributed by atoms with Gasteiger partial charge in [-0.25, -0.2) is 4.79 Å². The van der Waals surface area contributed by atoms with Gasteiger partial charge in [-0.2, -0.15) is 0 Å². The van der Waals surface area contributed by atoms with E-state index in [0.717, 1.165) is 0 Å². The molecule has 4 heteroatoms. The minimum Gasteiger partial charge on any atom is -0.466 e. The van der Waals surface area contributed by atoms with Crippen LogP contribution in [0.4, 0.5) is 0 Å². The minimum absolute atomic E-state index is 0.134. The van der Waals surface area contributed by atoms with Crippen LogP contribution >= 0.6 is 0 Å². The fourth-order valence-corrected chi connectivity index (χ4v) is 0.346. The van der Waals surface area contributed by atoms with E-state index in [-0.39, 0.29) is 5.91 Å². The zero-order valence-corrected chi connectivity index (χ0v) is 6.83. The quantitative estimate of drug-likeness (QED) is 0.423. The van der Waals surface area contributed by atoms with Crippen molar-refractivity contribution in [1.82, 2.24) is 4.90 Å². The summed E-state index contributed by atoms with van der Waals surface area (Å²) in [6.07, 6.45) is 2.54. The predicted molar refractivity (Wildman–Crippen MR) is 39.6 cm³/mol. The Kier molecular flexibility index (Phi) is 3.95. The van der Waals surface area contributed by atoms with Gasteiger partial charge in [0.1, 0.15) is 0 Å². The van der Waals surface area contributed by atoms with E-state index >= 15 is 0 Å². The van der Waals surface area contributed by atoms with Gasteiger partial charge in [0.15, 0.2) is 0 Å². The molecular formula is C7H11NO3. The van der Waals surface area contributed by atoms with E-state index in [1.807, 2.05) is 0 Å². The molecular weight excluding hydrogens is 146 g/mol. The summed E-state index contributed by atoms with van der Waals surface area (Å²) < 4.78 is 4.32. The first kappa shape index (κ1) is 9.68. The molecule has 0 aliphatic rings. The van der Waals surface area contributed by atoms with E-state index in [0.29, 0.717) is 0 Å². The molecule has 0 aliphatic heterocycles. The van der Waals surface area contributed by atoms with E-state index in [4.69, 9.17) is 0 Å². The molecule has 0 spiro atoms. The average molecular weight is 157 g/mol. The highest BCUT2D eigenvalue weighted by atomic mass is 16.5. The molecule has 0 rings (SSSR count). The van der Waals surface area contributed by atoms with Crippen LogP contribution < -0.4 is 0 Å². The Morgan fingerprint density at radius 2 is 2.00 bits per heavy atom. The number of ether oxygens (including phenoxy) is 1. The molecule has 0 radical (unpaired) electrons. The molecule has 0 atom stereocenters. The number of amides is 1. The second-order valence-electron chi connectivity index (χ2n) is 1.97. The standard InChI is InChI=1S/C7H11NO3/c1-6(9)8(2)5-4-7(10)11-3/h4-5H,1-3H3/b5-4+. The zero-order chi connectivity index (χ0) is 8.85. The van der Waals surface area contributed by atoms with Gasteiger partial charge in [0.2, 0.25) is 5.91 Å². The van der Waals surface area contributed by atoms with Crippen molar-refractivity contribution < 1.29 is 14.3 Å². The molecule has 0 aliphatic carbocycles. The first-order valence-corrected chi connectivity index (χ1v) is 3.07. The molecule has 0 aromatic heterocycles. The first-order valence-electron chi connectivity index (χ1n) is 3.07. The smallest absolute Gasteiger partial charge is 0.331 e. The largest absolute Gasteiger partial charge is 0.466 e. The number of esters is 1. The first-order chi connectivity index (χ1) is 5.07. The van der Waals surface area contributed by atoms with Crippen LogP contribution in [0.25, 0.3) is 0 Å². The van der Waals surface area contributed by atoms with Crippen molar-refractivity contribution in [3.63, 3.8) is 0 Å². The van der Waals surface area contributed by atoms with Gasteiger partial charge in [0, 0.05) is 26.2 Å². The number of nitrogens with zero attached hydrogens (tertiary/aromatic N) is 1. The Labute approximate surface area is 65.4 Å². The summed E-state index contributed by atoms with van der Waals surface area (Å²) in [5.41, 5.74) is 0. The lowest BCUT2D eigenvalue weighted by Crippen LogP contribution is -2.17. The lowest BCUT2D eigenvalue weighted by molar-refractivity contribution is -0.134. The van der Waals surface area contributed by atoms with Crippen LogP contribution in [-0.4, -0.2) is 30.9 Å². The minimum atomic E-state index is -0.474. The van der Waals surface area contributed by atoms with Crippen molar-refractivity contribution in [2.24, 2.45) is 0 Å². The van der Waals surface area contributed by atoms with E-state index in [2.05, 4.69) is 4.74 Å². The maximum atomic E-state index is 10.6. The van der Waals surface area contributed by atoms with Crippen LogP contribution in [0, 0.1) is 0 Å². The SMILES string of the molecule is COC(=O)/C=C/N(C)C(C)=O. The molecule has 1 amide bonds. The third-order valence-electron chi connectivity index (χ3n) is 1.13. The summed E-state index contributed by atoms with van der Waals surface area (Å²) >= 11 is 0. The van der Waals surface area contributed by atoms with Crippen LogP contribution in [-0.2, 0) is 14.3 Å². The van der Waals surface area contributed by atoms with E-state index in [1.165, 1.54) is 31.2 Å². The topological polar surface area (TPSA) is 46.6 Å². The Balaban J connectivity index is 3.92. The number of rotatable bonds is 2. The maximum absolute atomic E-state index is 10.6. The highest BCUT2D eigenvalue weighted by molar-refractivity contribution is 5.83. The molecule has 0 saturated carbocycles. The lowest BCUT2D eigenvalue weighted by atomic mass is 10.5. The van der Waals surface area contributed by atoms with Crippen LogP contribution in [0.2, 0.25) is 0 Å². The normalized spacial score (nSPS) is 9.73. The third kappa shape index (κ3) is 4.13. The van der Waals surface area contributed by atoms with Gasteiger partial charge >= 0.3 is 5.97 Å². The Hall–Kier alpha value is -1.32. The van der Waals surface area contributed by atoms with Crippen LogP contribution in [0.5, 0.6) is 0 Å². The number of hydrogen-bond acceptors (Lipinski definition) is 3. The number of carbonyl (C=O) groups excluding carboxylic acids is 2. The van der Waals surface area contributed by atoms with Crippen molar-refractivity contribution in [2.45, 2.75) is 6.92 Å². The van der Waals surface area contributed by atoms with E-state index < -0.39 is 5.97 Å². The molecule has 0 aromatic carbocycles. The van der Waals surface area contributed by atoms with Crippen molar-refractivity contribution in [3.8, 4) is 0 Å². The Morgan fingerprint density at radius 1 is 1.45 bits per heavy atom. The van der Waals surface area contributed by atoms with Crippen molar-refractivity contribution >= 4 is 11.9 Å². The fraction of sp³-hybridized carbons (Fsp3) is 0.429. The van der Waals surface area contributed by atoms with Gasteiger partial charge < -0.3 is 9.64 Å². The second kappa shape index (κ2) is 4.49. The molecule has 0 bridgehead atoms. The van der Waals surface area contributed by atoms with Gasteiger partial charge in [0.25, 0.3) is 0 Å². The fourth-order valence-electron chi connectivity index (χ4n) is 0.346. The zero-order valence-electron chi connectivity index (χ0n) is 6.83. The molecule has 4 nitrogen and oxygen atoms in total. The molecule has 62 valence electrons. The number of carbonyl (C=O) groups is 2. The summed E-state index contributed by atoms with van der Waals surface area (Å²) in [4.78, 5) is 22.3. The van der Waals surface area contributed by atoms with E-state index in [1.54, 1.807) is 7.05 Å². The molecule has 0 N–H and O–H groups in total. The van der Waals surface area contributed by atoms with E-state index in [9.17, 15) is 9.59 Å². The maximum Gasteiger partial charge on any atom is 0.331 e. The summed E-state index contributed by atoms with van der Waals surface area (Å²) in [5, 5.41) is 0. The van der Waals surface area contributed by atoms with Gasteiger partial charge in [-0.3, -0.25) is 4.79 Å². The highest BCUT2D eigenvalue weighted by Crippen LogP contribution is 1.86. The average Bonchev–Trinajstić information content (AvgIpc) is 1.99. The molecule has 0 fully saturated rings. The lowest BCUT2D eigenvalue weighted by Gasteiger charge is -2.06. The summed E-state index contributed by atoms with van der Waals surface area (Å²) in [6.45, 7) is 1.40. The Bertz CT molecular complexity index is 186. The van der Waals surface area contributed by atoms with Crippen LogP contribution in [0.15, 0.2) is 12.3 Å². The molecule has 0 heterocycles. The van der Waals surface area contributed by atoms with Crippen molar-refractivity contribution in [2.75, 3.05) is 14.2 Å². The van der Waals surface area contributed by atoms with Gasteiger partial charge in [0.05, 0.1) is 7.11 Å².